The molecule has 0 bridgehead atoms. The van der Waals surface area contributed by atoms with Crippen LogP contribution in [0.4, 0.5) is 13.2 Å². The van der Waals surface area contributed by atoms with Gasteiger partial charge in [-0.15, -0.1) is 0 Å². The number of aliphatic hydroxyl groups is 2. The molecule has 2 atom stereocenters. The molecule has 0 unspecified atom stereocenters. The second kappa shape index (κ2) is 12.9. The smallest absolute Gasteiger partial charge is 0.274 e. The highest BCUT2D eigenvalue weighted by Gasteiger charge is 2.28. The molecule has 0 aliphatic heterocycles. The average molecular weight is 547 g/mol. The number of aliphatic carboxylic acids is 1. The lowest BCUT2D eigenvalue weighted by molar-refractivity contribution is -0.307. The van der Waals surface area contributed by atoms with E-state index in [-0.39, 0.29) is 43.0 Å². The van der Waals surface area contributed by atoms with Crippen molar-refractivity contribution in [3.05, 3.63) is 82.4 Å². The lowest BCUT2D eigenvalue weighted by atomic mass is 9.95. The van der Waals surface area contributed by atoms with Gasteiger partial charge >= 0.3 is 0 Å². The molecule has 0 fully saturated rings. The van der Waals surface area contributed by atoms with Crippen LogP contribution < -0.4 is 5.11 Å². The Morgan fingerprint density at radius 2 is 1.67 bits per heavy atom. The third-order valence-electron chi connectivity index (χ3n) is 6.30. The van der Waals surface area contributed by atoms with Gasteiger partial charge in [-0.3, -0.25) is 4.79 Å². The van der Waals surface area contributed by atoms with Gasteiger partial charge < -0.3 is 25.0 Å². The Morgan fingerprint density at radius 1 is 1.03 bits per heavy atom. The molecule has 0 spiro atoms. The summed E-state index contributed by atoms with van der Waals surface area (Å²) in [7, 11) is 1.47. The largest absolute Gasteiger partial charge is 0.550 e. The second-order valence-electron chi connectivity index (χ2n) is 9.81. The molecule has 8 nitrogen and oxygen atoms in total. The minimum absolute atomic E-state index is 0.0841. The number of carbonyl (C=O) groups excluding carboxylic acids is 2. The van der Waals surface area contributed by atoms with Crippen molar-refractivity contribution in [3.63, 3.8) is 0 Å². The monoisotopic (exact) mass is 546 g/mol. The van der Waals surface area contributed by atoms with Gasteiger partial charge in [-0.2, -0.15) is 5.10 Å². The van der Waals surface area contributed by atoms with Gasteiger partial charge in [-0.25, -0.2) is 17.9 Å². The molecule has 39 heavy (non-hydrogen) atoms. The van der Waals surface area contributed by atoms with Crippen LogP contribution in [-0.4, -0.2) is 56.0 Å². The highest BCUT2D eigenvalue weighted by Crippen LogP contribution is 2.29. The summed E-state index contributed by atoms with van der Waals surface area (Å²) in [5, 5.41) is 35.6. The maximum Gasteiger partial charge on any atom is 0.274 e. The van der Waals surface area contributed by atoms with E-state index in [2.05, 4.69) is 5.10 Å². The maximum absolute atomic E-state index is 14.2. The number of aromatic nitrogens is 2. The zero-order chi connectivity index (χ0) is 28.9. The molecule has 3 aromatic rings. The topological polar surface area (TPSA) is 119 Å². The summed E-state index contributed by atoms with van der Waals surface area (Å²) in [4.78, 5) is 25.5. The van der Waals surface area contributed by atoms with Crippen LogP contribution in [0.5, 0.6) is 0 Å². The first-order valence-corrected chi connectivity index (χ1v) is 12.5. The standard InChI is InChI=1S/C28H32F3N3O5/c1-16(2)26-24(11-10-21(35)13-22(36)14-25(37)38)34(20-8-6-18(29)7-9-20)32-27(26)28(39)33(3)15-17-4-5-19(30)12-23(17)31/h4-9,12,16,21-22,35-36H,10-11,13-15H2,1-3H3,(H,37,38)/p-1/t21-,22-/m1/s1. The number of hydrogen-bond donors (Lipinski definition) is 2. The number of carboxylic acid groups (broad SMARTS) is 1. The van der Waals surface area contributed by atoms with E-state index in [0.717, 1.165) is 12.1 Å². The second-order valence-corrected chi connectivity index (χ2v) is 9.81. The molecular weight excluding hydrogens is 515 g/mol. The number of hydrogen-bond acceptors (Lipinski definition) is 6. The molecular formula is C28H31F3N3O5-. The molecule has 3 rings (SSSR count). The third kappa shape index (κ3) is 7.67. The van der Waals surface area contributed by atoms with Crippen LogP contribution in [0.15, 0.2) is 42.5 Å². The number of carbonyl (C=O) groups is 2. The highest BCUT2D eigenvalue weighted by molar-refractivity contribution is 5.94. The molecule has 210 valence electrons. The fourth-order valence-electron chi connectivity index (χ4n) is 4.44. The van der Waals surface area contributed by atoms with E-state index in [0.29, 0.717) is 16.9 Å². The highest BCUT2D eigenvalue weighted by atomic mass is 19.1. The molecule has 1 heterocycles. The predicted octanol–water partition coefficient (Wildman–Crippen LogP) is 2.87. The summed E-state index contributed by atoms with van der Waals surface area (Å²) in [5.74, 6) is -4.15. The Bertz CT molecular complexity index is 1310. The van der Waals surface area contributed by atoms with Crippen molar-refractivity contribution in [2.24, 2.45) is 0 Å². The number of aliphatic hydroxyl groups excluding tert-OH is 2. The van der Waals surface area contributed by atoms with Crippen molar-refractivity contribution < 1.29 is 38.1 Å². The first-order valence-electron chi connectivity index (χ1n) is 12.5. The molecule has 11 heteroatoms. The van der Waals surface area contributed by atoms with Gasteiger partial charge in [0.25, 0.3) is 5.91 Å². The van der Waals surface area contributed by atoms with Gasteiger partial charge in [-0.05, 0) is 55.5 Å². The van der Waals surface area contributed by atoms with Crippen molar-refractivity contribution in [3.8, 4) is 5.69 Å². The van der Waals surface area contributed by atoms with E-state index in [1.165, 1.54) is 47.0 Å². The zero-order valence-corrected chi connectivity index (χ0v) is 21.9. The molecule has 2 aromatic carbocycles. The normalized spacial score (nSPS) is 12.9. The molecule has 0 saturated heterocycles. The van der Waals surface area contributed by atoms with E-state index < -0.39 is 48.0 Å². The van der Waals surface area contributed by atoms with E-state index in [1.807, 2.05) is 13.8 Å². The number of nitrogens with zero attached hydrogens (tertiary/aromatic N) is 3. The Hall–Kier alpha value is -3.70. The third-order valence-corrected chi connectivity index (χ3v) is 6.30. The SMILES string of the molecule is CC(C)c1c(C(=O)N(C)Cc2ccc(F)cc2F)nn(-c2ccc(F)cc2)c1CC[C@@H](O)C[C@@H](O)CC(=O)[O-]. The number of amides is 1. The molecule has 0 saturated carbocycles. The van der Waals surface area contributed by atoms with Gasteiger partial charge in [0, 0.05) is 48.9 Å². The predicted molar refractivity (Wildman–Crippen MR) is 134 cm³/mol. The fraction of sp³-hybridized carbons (Fsp3) is 0.393. The van der Waals surface area contributed by atoms with Crippen LogP contribution in [0, 0.1) is 17.5 Å². The Morgan fingerprint density at radius 3 is 2.26 bits per heavy atom. The lowest BCUT2D eigenvalue weighted by Gasteiger charge is -2.19. The lowest BCUT2D eigenvalue weighted by Crippen LogP contribution is -2.29. The van der Waals surface area contributed by atoms with E-state index in [4.69, 9.17) is 0 Å². The minimum Gasteiger partial charge on any atom is -0.550 e. The summed E-state index contributed by atoms with van der Waals surface area (Å²) in [6, 6.07) is 8.56. The van der Waals surface area contributed by atoms with Crippen LogP contribution >= 0.6 is 0 Å². The molecule has 0 aliphatic carbocycles. The minimum atomic E-state index is -1.43. The van der Waals surface area contributed by atoms with Crippen molar-refractivity contribution in [1.82, 2.24) is 14.7 Å². The Balaban J connectivity index is 1.96. The van der Waals surface area contributed by atoms with E-state index in [1.54, 1.807) is 0 Å². The summed E-state index contributed by atoms with van der Waals surface area (Å²) < 4.78 is 42.7. The summed E-state index contributed by atoms with van der Waals surface area (Å²) in [6.45, 7) is 3.56. The van der Waals surface area contributed by atoms with Crippen LogP contribution in [0.3, 0.4) is 0 Å². The molecule has 0 radical (unpaired) electrons. The van der Waals surface area contributed by atoms with Crippen LogP contribution in [0.2, 0.25) is 0 Å². The Kier molecular flexibility index (Phi) is 9.87. The molecule has 1 aromatic heterocycles. The Labute approximate surface area is 224 Å². The first-order chi connectivity index (χ1) is 18.4. The van der Waals surface area contributed by atoms with Gasteiger partial charge in [-0.1, -0.05) is 19.9 Å². The van der Waals surface area contributed by atoms with Crippen molar-refractivity contribution >= 4 is 11.9 Å². The van der Waals surface area contributed by atoms with Crippen molar-refractivity contribution in [2.45, 2.75) is 64.2 Å². The number of benzene rings is 2. The molecule has 0 aliphatic rings. The van der Waals surface area contributed by atoms with Crippen molar-refractivity contribution in [1.29, 1.82) is 0 Å². The number of carboxylic acids is 1. The molecule has 1 amide bonds. The summed E-state index contributed by atoms with van der Waals surface area (Å²) >= 11 is 0. The van der Waals surface area contributed by atoms with Crippen LogP contribution in [0.1, 0.15) is 66.3 Å². The number of halogens is 3. The van der Waals surface area contributed by atoms with E-state index in [9.17, 15) is 38.1 Å². The first kappa shape index (κ1) is 29.9. The van der Waals surface area contributed by atoms with Gasteiger partial charge in [0.1, 0.15) is 17.5 Å². The fourth-order valence-corrected chi connectivity index (χ4v) is 4.44. The summed E-state index contributed by atoms with van der Waals surface area (Å²) in [6.07, 6.45) is -2.83. The van der Waals surface area contributed by atoms with Gasteiger partial charge in [0.2, 0.25) is 0 Å². The quantitative estimate of drug-likeness (QED) is 0.361. The van der Waals surface area contributed by atoms with Crippen LogP contribution in [-0.2, 0) is 17.8 Å². The van der Waals surface area contributed by atoms with Crippen molar-refractivity contribution in [2.75, 3.05) is 7.05 Å². The maximum atomic E-state index is 14.2. The van der Waals surface area contributed by atoms with Gasteiger partial charge in [0.05, 0.1) is 17.9 Å². The number of rotatable bonds is 12. The van der Waals surface area contributed by atoms with Crippen LogP contribution in [0.25, 0.3) is 5.69 Å². The van der Waals surface area contributed by atoms with Gasteiger partial charge in [0.15, 0.2) is 5.69 Å². The average Bonchev–Trinajstić information content (AvgIpc) is 3.23. The summed E-state index contributed by atoms with van der Waals surface area (Å²) in [5.41, 5.74) is 1.80. The van der Waals surface area contributed by atoms with E-state index >= 15 is 0 Å². The zero-order valence-electron chi connectivity index (χ0n) is 21.9. The molecule has 2 N–H and O–H groups in total.